The van der Waals surface area contributed by atoms with Gasteiger partial charge in [0.2, 0.25) is 0 Å². The molecule has 0 heterocycles. The molecule has 1 atom stereocenters. The Labute approximate surface area is 101 Å². The van der Waals surface area contributed by atoms with Gasteiger partial charge >= 0.3 is 0 Å². The Balaban J connectivity index is 2.38. The van der Waals surface area contributed by atoms with E-state index >= 15 is 0 Å². The van der Waals surface area contributed by atoms with Crippen molar-refractivity contribution >= 4 is 0 Å². The molecule has 0 aliphatic carbocycles. The Morgan fingerprint density at radius 2 is 2.12 bits per heavy atom. The van der Waals surface area contributed by atoms with Crippen molar-refractivity contribution in [2.45, 2.75) is 32.9 Å². The van der Waals surface area contributed by atoms with Gasteiger partial charge in [-0.15, -0.1) is 0 Å². The standard InChI is InChI=1S/C13H19F2NO/c1-3-17-10(2)8-16-9-11-5-4-6-12(7-11)13(14)15/h4-7,10,13,16H,3,8-9H2,1-2H3. The minimum atomic E-state index is -2.41. The smallest absolute Gasteiger partial charge is 0.263 e. The second-order valence-corrected chi connectivity index (χ2v) is 3.94. The summed E-state index contributed by atoms with van der Waals surface area (Å²) in [5.41, 5.74) is 0.939. The monoisotopic (exact) mass is 243 g/mol. The molecule has 0 aromatic heterocycles. The molecule has 0 aliphatic heterocycles. The first kappa shape index (κ1) is 14.1. The van der Waals surface area contributed by atoms with Crippen LogP contribution in [0.3, 0.4) is 0 Å². The maximum atomic E-state index is 12.5. The summed E-state index contributed by atoms with van der Waals surface area (Å²) in [7, 11) is 0. The van der Waals surface area contributed by atoms with Crippen LogP contribution in [0.15, 0.2) is 24.3 Å². The highest BCUT2D eigenvalue weighted by molar-refractivity contribution is 5.24. The maximum Gasteiger partial charge on any atom is 0.263 e. The largest absolute Gasteiger partial charge is 0.377 e. The van der Waals surface area contributed by atoms with E-state index in [4.69, 9.17) is 4.74 Å². The summed E-state index contributed by atoms with van der Waals surface area (Å²) < 4.78 is 30.3. The third kappa shape index (κ3) is 5.24. The van der Waals surface area contributed by atoms with Gasteiger partial charge in [-0.3, -0.25) is 0 Å². The first-order valence-electron chi connectivity index (χ1n) is 5.82. The predicted octanol–water partition coefficient (Wildman–Crippen LogP) is 3.14. The van der Waals surface area contributed by atoms with Gasteiger partial charge in [0.05, 0.1) is 6.10 Å². The molecule has 0 bridgehead atoms. The van der Waals surface area contributed by atoms with Gasteiger partial charge in [0.25, 0.3) is 6.43 Å². The van der Waals surface area contributed by atoms with Crippen LogP contribution in [-0.4, -0.2) is 19.3 Å². The lowest BCUT2D eigenvalue weighted by atomic mass is 10.1. The van der Waals surface area contributed by atoms with E-state index in [1.807, 2.05) is 19.9 Å². The van der Waals surface area contributed by atoms with Gasteiger partial charge in [0.15, 0.2) is 0 Å². The van der Waals surface area contributed by atoms with E-state index in [1.165, 1.54) is 12.1 Å². The van der Waals surface area contributed by atoms with Gasteiger partial charge < -0.3 is 10.1 Å². The van der Waals surface area contributed by atoms with E-state index < -0.39 is 6.43 Å². The minimum Gasteiger partial charge on any atom is -0.377 e. The van der Waals surface area contributed by atoms with Gasteiger partial charge in [-0.05, 0) is 25.5 Å². The number of ether oxygens (including phenoxy) is 1. The van der Waals surface area contributed by atoms with E-state index in [9.17, 15) is 8.78 Å². The summed E-state index contributed by atoms with van der Waals surface area (Å²) in [6.45, 7) is 5.91. The number of halogens is 2. The Kier molecular flexibility index (Phi) is 6.08. The van der Waals surface area contributed by atoms with Crippen molar-refractivity contribution in [2.75, 3.05) is 13.2 Å². The van der Waals surface area contributed by atoms with Crippen molar-refractivity contribution in [1.29, 1.82) is 0 Å². The fraction of sp³-hybridized carbons (Fsp3) is 0.538. The summed E-state index contributed by atoms with van der Waals surface area (Å²) in [4.78, 5) is 0. The SMILES string of the molecule is CCOC(C)CNCc1cccc(C(F)F)c1. The van der Waals surface area contributed by atoms with Crippen LogP contribution in [0, 0.1) is 0 Å². The molecule has 1 unspecified atom stereocenters. The molecule has 0 aliphatic rings. The van der Waals surface area contributed by atoms with Crippen molar-refractivity contribution in [3.63, 3.8) is 0 Å². The molecular weight excluding hydrogens is 224 g/mol. The molecule has 0 spiro atoms. The summed E-state index contributed by atoms with van der Waals surface area (Å²) in [6.07, 6.45) is -2.27. The van der Waals surface area contributed by atoms with Crippen LogP contribution in [-0.2, 0) is 11.3 Å². The lowest BCUT2D eigenvalue weighted by molar-refractivity contribution is 0.0759. The van der Waals surface area contributed by atoms with E-state index in [0.29, 0.717) is 19.7 Å². The van der Waals surface area contributed by atoms with Crippen molar-refractivity contribution in [1.82, 2.24) is 5.32 Å². The van der Waals surface area contributed by atoms with Crippen LogP contribution in [0.1, 0.15) is 31.4 Å². The number of benzene rings is 1. The molecule has 0 amide bonds. The van der Waals surface area contributed by atoms with Crippen LogP contribution in [0.4, 0.5) is 8.78 Å². The molecule has 2 nitrogen and oxygen atoms in total. The molecular formula is C13H19F2NO. The summed E-state index contributed by atoms with van der Waals surface area (Å²) >= 11 is 0. The van der Waals surface area contributed by atoms with E-state index in [2.05, 4.69) is 5.32 Å². The molecule has 4 heteroatoms. The van der Waals surface area contributed by atoms with E-state index in [0.717, 1.165) is 5.56 Å². The number of nitrogens with one attached hydrogen (secondary N) is 1. The quantitative estimate of drug-likeness (QED) is 0.794. The number of alkyl halides is 2. The van der Waals surface area contributed by atoms with Crippen molar-refractivity contribution in [3.05, 3.63) is 35.4 Å². The van der Waals surface area contributed by atoms with Crippen molar-refractivity contribution in [2.24, 2.45) is 0 Å². The summed E-state index contributed by atoms with van der Waals surface area (Å²) in [5.74, 6) is 0. The lowest BCUT2D eigenvalue weighted by Crippen LogP contribution is -2.26. The van der Waals surface area contributed by atoms with Crippen LogP contribution >= 0.6 is 0 Å². The van der Waals surface area contributed by atoms with Crippen LogP contribution in [0.25, 0.3) is 0 Å². The van der Waals surface area contributed by atoms with Crippen molar-refractivity contribution in [3.8, 4) is 0 Å². The highest BCUT2D eigenvalue weighted by atomic mass is 19.3. The molecule has 96 valence electrons. The summed E-state index contributed by atoms with van der Waals surface area (Å²) in [5, 5.41) is 3.18. The minimum absolute atomic E-state index is 0.0714. The average molecular weight is 243 g/mol. The Morgan fingerprint density at radius 3 is 2.76 bits per heavy atom. The molecule has 0 saturated heterocycles. The van der Waals surface area contributed by atoms with Gasteiger partial charge in [-0.2, -0.15) is 0 Å². The molecule has 0 saturated carbocycles. The zero-order chi connectivity index (χ0) is 12.7. The van der Waals surface area contributed by atoms with Crippen molar-refractivity contribution < 1.29 is 13.5 Å². The number of rotatable bonds is 7. The Hall–Kier alpha value is -1.00. The fourth-order valence-corrected chi connectivity index (χ4v) is 1.60. The third-order valence-corrected chi connectivity index (χ3v) is 2.42. The van der Waals surface area contributed by atoms with Gasteiger partial charge in [-0.25, -0.2) is 8.78 Å². The Bertz CT molecular complexity index is 331. The zero-order valence-electron chi connectivity index (χ0n) is 10.2. The fourth-order valence-electron chi connectivity index (χ4n) is 1.60. The molecule has 17 heavy (non-hydrogen) atoms. The predicted molar refractivity (Wildman–Crippen MR) is 64.2 cm³/mol. The molecule has 1 aromatic carbocycles. The molecule has 1 aromatic rings. The second-order valence-electron chi connectivity index (χ2n) is 3.94. The molecule has 0 fully saturated rings. The topological polar surface area (TPSA) is 21.3 Å². The highest BCUT2D eigenvalue weighted by Gasteiger charge is 2.07. The first-order valence-corrected chi connectivity index (χ1v) is 5.82. The van der Waals surface area contributed by atoms with E-state index in [-0.39, 0.29) is 11.7 Å². The second kappa shape index (κ2) is 7.35. The average Bonchev–Trinajstić information content (AvgIpc) is 2.30. The van der Waals surface area contributed by atoms with Gasteiger partial charge in [0, 0.05) is 25.3 Å². The van der Waals surface area contributed by atoms with Crippen LogP contribution in [0.5, 0.6) is 0 Å². The lowest BCUT2D eigenvalue weighted by Gasteiger charge is -2.12. The normalized spacial score (nSPS) is 13.0. The van der Waals surface area contributed by atoms with Gasteiger partial charge in [0.1, 0.15) is 0 Å². The molecule has 1 rings (SSSR count). The first-order chi connectivity index (χ1) is 8.13. The van der Waals surface area contributed by atoms with Crippen LogP contribution < -0.4 is 5.32 Å². The number of hydrogen-bond donors (Lipinski definition) is 1. The van der Waals surface area contributed by atoms with Crippen LogP contribution in [0.2, 0.25) is 0 Å². The van der Waals surface area contributed by atoms with E-state index in [1.54, 1.807) is 6.07 Å². The molecule has 1 N–H and O–H groups in total. The van der Waals surface area contributed by atoms with Gasteiger partial charge in [-0.1, -0.05) is 18.2 Å². The third-order valence-electron chi connectivity index (χ3n) is 2.42. The Morgan fingerprint density at radius 1 is 1.35 bits per heavy atom. The highest BCUT2D eigenvalue weighted by Crippen LogP contribution is 2.19. The zero-order valence-corrected chi connectivity index (χ0v) is 10.2. The molecule has 0 radical (unpaired) electrons. The maximum absolute atomic E-state index is 12.5. The summed E-state index contributed by atoms with van der Waals surface area (Å²) in [6, 6.07) is 6.47. The number of hydrogen-bond acceptors (Lipinski definition) is 2.